The molecular formula is C18H19N5S. The van der Waals surface area contributed by atoms with Crippen molar-refractivity contribution in [3.63, 3.8) is 0 Å². The van der Waals surface area contributed by atoms with E-state index < -0.39 is 0 Å². The third-order valence-electron chi connectivity index (χ3n) is 3.66. The molecule has 6 heteroatoms. The van der Waals surface area contributed by atoms with Crippen molar-refractivity contribution in [3.8, 4) is 6.07 Å². The van der Waals surface area contributed by atoms with Gasteiger partial charge in [0.1, 0.15) is 23.3 Å². The molecule has 0 amide bonds. The first kappa shape index (κ1) is 17.6. The molecule has 0 saturated carbocycles. The zero-order valence-corrected chi connectivity index (χ0v) is 14.8. The van der Waals surface area contributed by atoms with Crippen molar-refractivity contribution < 1.29 is 0 Å². The molecule has 0 atom stereocenters. The molecule has 0 aromatic carbocycles. The second-order valence-corrected chi connectivity index (χ2v) is 6.05. The summed E-state index contributed by atoms with van der Waals surface area (Å²) < 4.78 is 1.76. The highest BCUT2D eigenvalue weighted by molar-refractivity contribution is 8.02. The summed E-state index contributed by atoms with van der Waals surface area (Å²) in [5, 5.41) is 10.1. The van der Waals surface area contributed by atoms with Gasteiger partial charge in [0.15, 0.2) is 5.65 Å². The lowest BCUT2D eigenvalue weighted by molar-refractivity contribution is 1.05. The Balaban J connectivity index is 2.97. The van der Waals surface area contributed by atoms with Crippen LogP contribution in [0.5, 0.6) is 0 Å². The maximum absolute atomic E-state index is 9.49. The van der Waals surface area contributed by atoms with Gasteiger partial charge in [-0.25, -0.2) is 9.97 Å². The van der Waals surface area contributed by atoms with Gasteiger partial charge in [-0.3, -0.25) is 4.57 Å². The molecule has 0 aliphatic carbocycles. The third-order valence-corrected chi connectivity index (χ3v) is 4.49. The Morgan fingerprint density at radius 2 is 2.17 bits per heavy atom. The number of hydrogen-bond acceptors (Lipinski definition) is 5. The van der Waals surface area contributed by atoms with Crippen LogP contribution in [0.15, 0.2) is 48.1 Å². The molecule has 24 heavy (non-hydrogen) atoms. The number of rotatable bonds is 5. The Bertz CT molecular complexity index is 925. The van der Waals surface area contributed by atoms with Gasteiger partial charge in [-0.2, -0.15) is 5.26 Å². The number of aromatic nitrogens is 3. The number of allylic oxidation sites excluding steroid dienone is 6. The smallest absolute Gasteiger partial charge is 0.151 e. The number of anilines is 1. The van der Waals surface area contributed by atoms with Crippen LogP contribution in [0.3, 0.4) is 0 Å². The minimum Gasteiger partial charge on any atom is -0.384 e. The molecule has 0 bridgehead atoms. The van der Waals surface area contributed by atoms with Crippen molar-refractivity contribution >= 4 is 34.3 Å². The van der Waals surface area contributed by atoms with Crippen molar-refractivity contribution in [2.24, 2.45) is 0 Å². The second-order valence-electron chi connectivity index (χ2n) is 5.03. The van der Waals surface area contributed by atoms with Crippen LogP contribution in [0.1, 0.15) is 18.3 Å². The van der Waals surface area contributed by atoms with Crippen LogP contribution >= 0.6 is 11.8 Å². The first-order valence-electron chi connectivity index (χ1n) is 7.24. The van der Waals surface area contributed by atoms with E-state index in [9.17, 15) is 5.26 Å². The lowest BCUT2D eigenvalue weighted by atomic mass is 10.1. The van der Waals surface area contributed by atoms with Gasteiger partial charge in [0.25, 0.3) is 0 Å². The lowest BCUT2D eigenvalue weighted by Gasteiger charge is -2.15. The number of thioether (sulfide) groups is 1. The first-order chi connectivity index (χ1) is 11.5. The monoisotopic (exact) mass is 337 g/mol. The molecule has 0 aliphatic rings. The third kappa shape index (κ3) is 2.86. The maximum Gasteiger partial charge on any atom is 0.151 e. The molecule has 0 aliphatic heterocycles. The van der Waals surface area contributed by atoms with E-state index >= 15 is 0 Å². The van der Waals surface area contributed by atoms with Gasteiger partial charge in [0.05, 0.1) is 11.1 Å². The summed E-state index contributed by atoms with van der Waals surface area (Å²) in [6, 6.07) is 2.15. The SMILES string of the molecule is C=C/C=C(\C(C=C)=C(/C)SC)n1c(N)c(C#N)c2cnc(C)nc21. The van der Waals surface area contributed by atoms with Crippen molar-refractivity contribution in [1.82, 2.24) is 14.5 Å². The highest BCUT2D eigenvalue weighted by Crippen LogP contribution is 2.34. The fourth-order valence-corrected chi connectivity index (χ4v) is 2.87. The quantitative estimate of drug-likeness (QED) is 0.833. The fourth-order valence-electron chi connectivity index (χ4n) is 2.47. The Hall–Kier alpha value is -2.78. The highest BCUT2D eigenvalue weighted by atomic mass is 32.2. The van der Waals surface area contributed by atoms with Crippen molar-refractivity contribution in [2.75, 3.05) is 12.0 Å². The molecule has 122 valence electrons. The predicted octanol–water partition coefficient (Wildman–Crippen LogP) is 4.04. The van der Waals surface area contributed by atoms with Gasteiger partial charge in [-0.05, 0) is 31.1 Å². The zero-order valence-electron chi connectivity index (χ0n) is 14.0. The topological polar surface area (TPSA) is 80.5 Å². The normalized spacial score (nSPS) is 12.7. The summed E-state index contributed by atoms with van der Waals surface area (Å²) in [4.78, 5) is 9.75. The number of nitriles is 1. The summed E-state index contributed by atoms with van der Waals surface area (Å²) in [5.74, 6) is 0.933. The minimum absolute atomic E-state index is 0.328. The molecule has 0 fully saturated rings. The standard InChI is InChI=1S/C18H19N5S/c1-6-8-16(13(7-2)11(3)24-5)23-17(20)14(9-19)15-10-21-12(4)22-18(15)23/h6-8,10H,1-2,20H2,3-5H3/b13-11+,16-8+. The van der Waals surface area contributed by atoms with Crippen molar-refractivity contribution in [3.05, 3.63) is 59.4 Å². The zero-order chi connectivity index (χ0) is 17.9. The van der Waals surface area contributed by atoms with Gasteiger partial charge < -0.3 is 5.73 Å². The molecule has 0 saturated heterocycles. The van der Waals surface area contributed by atoms with E-state index in [1.807, 2.05) is 19.3 Å². The van der Waals surface area contributed by atoms with Crippen LogP contribution in [0.2, 0.25) is 0 Å². The number of aryl methyl sites for hydroxylation is 1. The second kappa shape index (κ2) is 7.20. The van der Waals surface area contributed by atoms with Crippen LogP contribution in [0, 0.1) is 18.3 Å². The summed E-state index contributed by atoms with van der Waals surface area (Å²) in [6.45, 7) is 11.5. The first-order valence-corrected chi connectivity index (χ1v) is 8.47. The van der Waals surface area contributed by atoms with E-state index in [0.29, 0.717) is 28.2 Å². The van der Waals surface area contributed by atoms with Gasteiger partial charge >= 0.3 is 0 Å². The van der Waals surface area contributed by atoms with E-state index in [1.54, 1.807) is 41.6 Å². The molecule has 2 aromatic rings. The van der Waals surface area contributed by atoms with Crippen molar-refractivity contribution in [1.29, 1.82) is 5.26 Å². The van der Waals surface area contributed by atoms with E-state index in [1.165, 1.54) is 0 Å². The van der Waals surface area contributed by atoms with Crippen LogP contribution in [0.25, 0.3) is 16.7 Å². The van der Waals surface area contributed by atoms with Gasteiger partial charge in [0.2, 0.25) is 0 Å². The fraction of sp³-hybridized carbons (Fsp3) is 0.167. The molecule has 0 unspecified atom stereocenters. The number of nitrogens with zero attached hydrogens (tertiary/aromatic N) is 4. The molecular weight excluding hydrogens is 318 g/mol. The Labute approximate surface area is 145 Å². The Morgan fingerprint density at radius 1 is 1.46 bits per heavy atom. The maximum atomic E-state index is 9.49. The van der Waals surface area contributed by atoms with Gasteiger partial charge in [-0.15, -0.1) is 11.8 Å². The average molecular weight is 337 g/mol. The minimum atomic E-state index is 0.328. The van der Waals surface area contributed by atoms with E-state index in [-0.39, 0.29) is 0 Å². The molecule has 2 rings (SSSR count). The van der Waals surface area contributed by atoms with Crippen LogP contribution < -0.4 is 5.73 Å². The summed E-state index contributed by atoms with van der Waals surface area (Å²) in [5.41, 5.74) is 8.92. The molecule has 5 nitrogen and oxygen atoms in total. The molecule has 2 aromatic heterocycles. The molecule has 2 N–H and O–H groups in total. The van der Waals surface area contributed by atoms with E-state index in [0.717, 1.165) is 16.2 Å². The highest BCUT2D eigenvalue weighted by Gasteiger charge is 2.21. The number of hydrogen-bond donors (Lipinski definition) is 1. The van der Waals surface area contributed by atoms with E-state index in [2.05, 4.69) is 29.2 Å². The Morgan fingerprint density at radius 3 is 2.71 bits per heavy atom. The average Bonchev–Trinajstić information content (AvgIpc) is 2.84. The predicted molar refractivity (Wildman–Crippen MR) is 102 cm³/mol. The summed E-state index contributed by atoms with van der Waals surface area (Å²) in [6.07, 6.45) is 8.91. The molecule has 0 radical (unpaired) electrons. The number of nitrogens with two attached hydrogens (primary N) is 1. The largest absolute Gasteiger partial charge is 0.384 e. The Kier molecular flexibility index (Phi) is 5.27. The van der Waals surface area contributed by atoms with Crippen LogP contribution in [-0.4, -0.2) is 20.8 Å². The summed E-state index contributed by atoms with van der Waals surface area (Å²) in [7, 11) is 0. The molecule has 2 heterocycles. The van der Waals surface area contributed by atoms with Crippen LogP contribution in [-0.2, 0) is 0 Å². The number of nitrogen functional groups attached to an aromatic ring is 1. The number of fused-ring (bicyclic) bond motifs is 1. The van der Waals surface area contributed by atoms with Crippen LogP contribution in [0.4, 0.5) is 5.82 Å². The van der Waals surface area contributed by atoms with E-state index in [4.69, 9.17) is 5.73 Å². The van der Waals surface area contributed by atoms with Gasteiger partial charge in [-0.1, -0.05) is 25.3 Å². The van der Waals surface area contributed by atoms with Gasteiger partial charge in [0, 0.05) is 11.8 Å². The lowest BCUT2D eigenvalue weighted by Crippen LogP contribution is -2.06. The molecule has 0 spiro atoms. The summed E-state index contributed by atoms with van der Waals surface area (Å²) >= 11 is 1.61. The van der Waals surface area contributed by atoms with Crippen molar-refractivity contribution in [2.45, 2.75) is 13.8 Å².